The van der Waals surface area contributed by atoms with Gasteiger partial charge in [0.15, 0.2) is 11.6 Å². The van der Waals surface area contributed by atoms with Gasteiger partial charge in [0.25, 0.3) is 0 Å². The number of hydrazine groups is 1. The van der Waals surface area contributed by atoms with Gasteiger partial charge in [-0.3, -0.25) is 0 Å². The average molecular weight is 264 g/mol. The van der Waals surface area contributed by atoms with E-state index in [2.05, 4.69) is 10.9 Å². The Kier molecular flexibility index (Phi) is 4.30. The summed E-state index contributed by atoms with van der Waals surface area (Å²) in [5.74, 6) is -1.27. The van der Waals surface area contributed by atoms with Crippen molar-refractivity contribution in [3.05, 3.63) is 59.7 Å². The molecule has 5 heteroatoms. The fourth-order valence-corrected chi connectivity index (χ4v) is 1.65. The van der Waals surface area contributed by atoms with Gasteiger partial charge >= 0.3 is 0 Å². The minimum atomic E-state index is -0.690. The standard InChI is InChI=1S/C14H14F2N2O/c1-19-13-8-7-12(15)11(14(13)16)9-17-18-10-5-3-2-4-6-10/h2-8,17-18H,9H2,1H3. The van der Waals surface area contributed by atoms with E-state index in [1.54, 1.807) is 0 Å². The highest BCUT2D eigenvalue weighted by atomic mass is 19.1. The van der Waals surface area contributed by atoms with Crippen molar-refractivity contribution in [1.29, 1.82) is 0 Å². The predicted molar refractivity (Wildman–Crippen MR) is 69.8 cm³/mol. The van der Waals surface area contributed by atoms with E-state index in [0.717, 1.165) is 5.69 Å². The second-order valence-corrected chi connectivity index (χ2v) is 3.89. The summed E-state index contributed by atoms with van der Waals surface area (Å²) < 4.78 is 32.2. The molecule has 3 nitrogen and oxygen atoms in total. The van der Waals surface area contributed by atoms with Crippen LogP contribution < -0.4 is 15.6 Å². The first-order chi connectivity index (χ1) is 9.22. The molecule has 100 valence electrons. The number of methoxy groups -OCH3 is 1. The molecule has 0 aliphatic rings. The van der Waals surface area contributed by atoms with Crippen LogP contribution in [0.15, 0.2) is 42.5 Å². The summed E-state index contributed by atoms with van der Waals surface area (Å²) in [5, 5.41) is 0. The minimum Gasteiger partial charge on any atom is -0.494 e. The van der Waals surface area contributed by atoms with Crippen molar-refractivity contribution >= 4 is 5.69 Å². The quantitative estimate of drug-likeness (QED) is 0.814. The first-order valence-electron chi connectivity index (χ1n) is 5.77. The molecule has 2 aromatic carbocycles. The normalized spacial score (nSPS) is 10.3. The molecule has 0 aliphatic carbocycles. The number of anilines is 1. The third-order valence-corrected chi connectivity index (χ3v) is 2.64. The van der Waals surface area contributed by atoms with Crippen molar-refractivity contribution in [1.82, 2.24) is 5.43 Å². The summed E-state index contributed by atoms with van der Waals surface area (Å²) in [6.45, 7) is 0.00373. The summed E-state index contributed by atoms with van der Waals surface area (Å²) in [5.41, 5.74) is 6.37. The monoisotopic (exact) mass is 264 g/mol. The van der Waals surface area contributed by atoms with E-state index in [1.165, 1.54) is 19.2 Å². The lowest BCUT2D eigenvalue weighted by Crippen LogP contribution is -2.22. The zero-order chi connectivity index (χ0) is 13.7. The zero-order valence-corrected chi connectivity index (χ0v) is 10.4. The van der Waals surface area contributed by atoms with Gasteiger partial charge in [0, 0.05) is 17.8 Å². The van der Waals surface area contributed by atoms with Crippen molar-refractivity contribution < 1.29 is 13.5 Å². The Morgan fingerprint density at radius 3 is 2.47 bits per heavy atom. The van der Waals surface area contributed by atoms with Crippen LogP contribution in [0.25, 0.3) is 0 Å². The summed E-state index contributed by atoms with van der Waals surface area (Å²) in [6, 6.07) is 11.7. The Balaban J connectivity index is 2.03. The number of nitrogens with one attached hydrogen (secondary N) is 2. The van der Waals surface area contributed by atoms with Crippen LogP contribution in [0.2, 0.25) is 0 Å². The Morgan fingerprint density at radius 2 is 1.79 bits per heavy atom. The molecule has 0 heterocycles. The first kappa shape index (κ1) is 13.3. The van der Waals surface area contributed by atoms with Gasteiger partial charge in [-0.1, -0.05) is 18.2 Å². The van der Waals surface area contributed by atoms with Crippen LogP contribution in [-0.2, 0) is 6.54 Å². The second kappa shape index (κ2) is 6.15. The van der Waals surface area contributed by atoms with Crippen molar-refractivity contribution in [3.63, 3.8) is 0 Å². The minimum absolute atomic E-state index is 0.00373. The van der Waals surface area contributed by atoms with Gasteiger partial charge in [-0.15, -0.1) is 0 Å². The highest BCUT2D eigenvalue weighted by molar-refractivity contribution is 5.41. The first-order valence-corrected chi connectivity index (χ1v) is 5.77. The molecular formula is C14H14F2N2O. The molecule has 0 unspecified atom stereocenters. The Bertz CT molecular complexity index is 547. The second-order valence-electron chi connectivity index (χ2n) is 3.89. The van der Waals surface area contributed by atoms with E-state index in [-0.39, 0.29) is 17.9 Å². The maximum atomic E-state index is 13.8. The van der Waals surface area contributed by atoms with Crippen LogP contribution in [0.1, 0.15) is 5.56 Å². The zero-order valence-electron chi connectivity index (χ0n) is 10.4. The van der Waals surface area contributed by atoms with E-state index in [0.29, 0.717) is 0 Å². The maximum absolute atomic E-state index is 13.8. The van der Waals surface area contributed by atoms with E-state index < -0.39 is 11.6 Å². The van der Waals surface area contributed by atoms with Gasteiger partial charge in [-0.25, -0.2) is 14.2 Å². The summed E-state index contributed by atoms with van der Waals surface area (Å²) in [4.78, 5) is 0. The predicted octanol–water partition coefficient (Wildman–Crippen LogP) is 3.09. The molecular weight excluding hydrogens is 250 g/mol. The van der Waals surface area contributed by atoms with Gasteiger partial charge in [0.05, 0.1) is 7.11 Å². The van der Waals surface area contributed by atoms with Gasteiger partial charge in [0.1, 0.15) is 5.82 Å². The van der Waals surface area contributed by atoms with Crippen molar-refractivity contribution in [3.8, 4) is 5.75 Å². The fourth-order valence-electron chi connectivity index (χ4n) is 1.65. The van der Waals surface area contributed by atoms with Gasteiger partial charge in [0.2, 0.25) is 0 Å². The molecule has 19 heavy (non-hydrogen) atoms. The molecule has 0 amide bonds. The highest BCUT2D eigenvalue weighted by Gasteiger charge is 2.13. The summed E-state index contributed by atoms with van der Waals surface area (Å²) >= 11 is 0. The molecule has 0 saturated heterocycles. The molecule has 0 atom stereocenters. The van der Waals surface area contributed by atoms with E-state index >= 15 is 0 Å². The molecule has 2 aromatic rings. The number of rotatable bonds is 5. The smallest absolute Gasteiger partial charge is 0.172 e. The van der Waals surface area contributed by atoms with Crippen LogP contribution in [0.4, 0.5) is 14.5 Å². The number of benzene rings is 2. The molecule has 0 radical (unpaired) electrons. The third-order valence-electron chi connectivity index (χ3n) is 2.64. The van der Waals surface area contributed by atoms with Crippen molar-refractivity contribution in [2.45, 2.75) is 6.54 Å². The molecule has 0 spiro atoms. The Labute approximate surface area is 110 Å². The molecule has 0 aliphatic heterocycles. The lowest BCUT2D eigenvalue weighted by Gasteiger charge is -2.11. The van der Waals surface area contributed by atoms with Gasteiger partial charge < -0.3 is 10.2 Å². The number of hydrogen-bond donors (Lipinski definition) is 2. The fraction of sp³-hybridized carbons (Fsp3) is 0.143. The van der Waals surface area contributed by atoms with Crippen molar-refractivity contribution in [2.75, 3.05) is 12.5 Å². The lowest BCUT2D eigenvalue weighted by atomic mass is 10.2. The van der Waals surface area contributed by atoms with Crippen LogP contribution in [0, 0.1) is 11.6 Å². The topological polar surface area (TPSA) is 33.3 Å². The number of hydrogen-bond acceptors (Lipinski definition) is 3. The van der Waals surface area contributed by atoms with E-state index in [1.807, 2.05) is 30.3 Å². The molecule has 0 saturated carbocycles. The molecule has 0 bridgehead atoms. The summed E-state index contributed by atoms with van der Waals surface area (Å²) in [6.07, 6.45) is 0. The van der Waals surface area contributed by atoms with Crippen molar-refractivity contribution in [2.24, 2.45) is 0 Å². The number of para-hydroxylation sites is 1. The summed E-state index contributed by atoms with van der Waals surface area (Å²) in [7, 11) is 1.34. The average Bonchev–Trinajstić information content (AvgIpc) is 2.44. The van der Waals surface area contributed by atoms with Crippen LogP contribution in [-0.4, -0.2) is 7.11 Å². The molecule has 0 aromatic heterocycles. The highest BCUT2D eigenvalue weighted by Crippen LogP contribution is 2.22. The van der Waals surface area contributed by atoms with Crippen LogP contribution in [0.5, 0.6) is 5.75 Å². The Hall–Kier alpha value is -2.14. The van der Waals surface area contributed by atoms with E-state index in [4.69, 9.17) is 4.74 Å². The molecule has 2 rings (SSSR count). The maximum Gasteiger partial charge on any atom is 0.172 e. The van der Waals surface area contributed by atoms with Crippen LogP contribution in [0.3, 0.4) is 0 Å². The largest absolute Gasteiger partial charge is 0.494 e. The molecule has 2 N–H and O–H groups in total. The number of ether oxygens (including phenoxy) is 1. The SMILES string of the molecule is COc1ccc(F)c(CNNc2ccccc2)c1F. The number of halogens is 2. The van der Waals surface area contributed by atoms with Gasteiger partial charge in [-0.05, 0) is 24.3 Å². The van der Waals surface area contributed by atoms with Crippen LogP contribution >= 0.6 is 0 Å². The Morgan fingerprint density at radius 1 is 1.05 bits per heavy atom. The van der Waals surface area contributed by atoms with Gasteiger partial charge in [-0.2, -0.15) is 0 Å². The third kappa shape index (κ3) is 3.20. The van der Waals surface area contributed by atoms with E-state index in [9.17, 15) is 8.78 Å². The molecule has 0 fully saturated rings. The lowest BCUT2D eigenvalue weighted by molar-refractivity contribution is 0.380.